The number of amides is 2. The van der Waals surface area contributed by atoms with Gasteiger partial charge in [0, 0.05) is 15.6 Å². The van der Waals surface area contributed by atoms with Crippen molar-refractivity contribution in [1.82, 2.24) is 4.90 Å². The van der Waals surface area contributed by atoms with E-state index in [2.05, 4.69) is 21.9 Å². The lowest BCUT2D eigenvalue weighted by atomic mass is 10.1. The van der Waals surface area contributed by atoms with E-state index >= 15 is 0 Å². The Bertz CT molecular complexity index is 1110. The molecule has 1 aliphatic heterocycles. The smallest absolute Gasteiger partial charge is 0.294 e. The van der Waals surface area contributed by atoms with Crippen molar-refractivity contribution in [2.24, 2.45) is 0 Å². The largest absolute Gasteiger partial charge is 0.490 e. The van der Waals surface area contributed by atoms with Gasteiger partial charge in [-0.15, -0.1) is 6.42 Å². The van der Waals surface area contributed by atoms with E-state index < -0.39 is 11.1 Å². The third kappa shape index (κ3) is 5.58. The summed E-state index contributed by atoms with van der Waals surface area (Å²) >= 11 is 16.5. The van der Waals surface area contributed by atoms with Gasteiger partial charge < -0.3 is 9.47 Å². The summed E-state index contributed by atoms with van der Waals surface area (Å²) in [4.78, 5) is 25.7. The first-order valence-corrected chi connectivity index (χ1v) is 11.4. The monoisotopic (exact) mass is 539 g/mol. The highest BCUT2D eigenvalue weighted by atomic mass is 79.9. The number of hydrogen-bond donors (Lipinski definition) is 0. The molecule has 160 valence electrons. The van der Waals surface area contributed by atoms with Crippen molar-refractivity contribution in [3.05, 3.63) is 60.9 Å². The van der Waals surface area contributed by atoms with Crippen molar-refractivity contribution in [2.45, 2.75) is 13.5 Å². The number of hydrogen-bond acceptors (Lipinski definition) is 5. The number of halogens is 3. The standard InChI is InChI=1S/C22H16BrCl2NO4S/c1-3-7-26-21(27)19(31-22(26)28)10-13-8-16(23)20(18(9-13)29-4-2)30-12-14-5-6-15(24)11-17(14)25/h1,5-6,8-11H,4,7,12H2,2H3/b19-10+. The van der Waals surface area contributed by atoms with Gasteiger partial charge in [-0.1, -0.05) is 35.2 Å². The second-order valence-electron chi connectivity index (χ2n) is 6.26. The second kappa shape index (κ2) is 10.5. The molecule has 3 rings (SSSR count). The maximum Gasteiger partial charge on any atom is 0.294 e. The fourth-order valence-electron chi connectivity index (χ4n) is 2.74. The number of rotatable bonds is 7. The molecule has 2 aromatic carbocycles. The van der Waals surface area contributed by atoms with Crippen LogP contribution < -0.4 is 9.47 Å². The number of benzene rings is 2. The van der Waals surface area contributed by atoms with Gasteiger partial charge in [0.25, 0.3) is 11.1 Å². The first-order chi connectivity index (χ1) is 14.8. The summed E-state index contributed by atoms with van der Waals surface area (Å²) in [5.41, 5.74) is 1.44. The fraction of sp³-hybridized carbons (Fsp3) is 0.182. The third-order valence-electron chi connectivity index (χ3n) is 4.14. The molecule has 5 nitrogen and oxygen atoms in total. The van der Waals surface area contributed by atoms with Gasteiger partial charge in [-0.3, -0.25) is 14.5 Å². The van der Waals surface area contributed by atoms with Crippen LogP contribution in [-0.4, -0.2) is 29.2 Å². The summed E-state index contributed by atoms with van der Waals surface area (Å²) in [7, 11) is 0. The molecule has 0 N–H and O–H groups in total. The Hall–Kier alpha value is -2.11. The first kappa shape index (κ1) is 23.6. The molecular weight excluding hydrogens is 525 g/mol. The first-order valence-electron chi connectivity index (χ1n) is 9.06. The number of ether oxygens (including phenoxy) is 2. The fourth-order valence-corrected chi connectivity index (χ4v) is 4.62. The molecule has 1 saturated heterocycles. The average Bonchev–Trinajstić information content (AvgIpc) is 2.96. The topological polar surface area (TPSA) is 55.8 Å². The van der Waals surface area contributed by atoms with E-state index in [4.69, 9.17) is 39.1 Å². The molecule has 2 amide bonds. The summed E-state index contributed by atoms with van der Waals surface area (Å²) in [6, 6.07) is 8.69. The molecule has 0 spiro atoms. The number of carbonyl (C=O) groups is 2. The van der Waals surface area contributed by atoms with Crippen LogP contribution in [0.5, 0.6) is 11.5 Å². The molecule has 31 heavy (non-hydrogen) atoms. The zero-order valence-electron chi connectivity index (χ0n) is 16.3. The summed E-state index contributed by atoms with van der Waals surface area (Å²) in [5, 5.41) is 0.653. The maximum atomic E-state index is 12.4. The van der Waals surface area contributed by atoms with Crippen LogP contribution >= 0.6 is 50.9 Å². The van der Waals surface area contributed by atoms with E-state index in [1.165, 1.54) is 0 Å². The van der Waals surface area contributed by atoms with E-state index in [0.717, 1.165) is 22.2 Å². The Labute approximate surface area is 202 Å². The number of carbonyl (C=O) groups excluding carboxylic acids is 2. The molecule has 1 fully saturated rings. The Morgan fingerprint density at radius 1 is 1.23 bits per heavy atom. The Morgan fingerprint density at radius 3 is 2.68 bits per heavy atom. The lowest BCUT2D eigenvalue weighted by molar-refractivity contribution is -0.122. The Balaban J connectivity index is 1.88. The SMILES string of the molecule is C#CCN1C(=O)S/C(=C/c2cc(Br)c(OCc3ccc(Cl)cc3Cl)c(OCC)c2)C1=O. The lowest BCUT2D eigenvalue weighted by Gasteiger charge is -2.15. The minimum atomic E-state index is -0.417. The second-order valence-corrected chi connectivity index (χ2v) is 8.95. The van der Waals surface area contributed by atoms with Gasteiger partial charge in [0.1, 0.15) is 6.61 Å². The molecule has 1 heterocycles. The summed E-state index contributed by atoms with van der Waals surface area (Å²) < 4.78 is 12.3. The van der Waals surface area contributed by atoms with Crippen molar-refractivity contribution in [1.29, 1.82) is 0 Å². The zero-order chi connectivity index (χ0) is 22.5. The molecule has 1 aliphatic rings. The normalized spacial score (nSPS) is 14.8. The van der Waals surface area contributed by atoms with Crippen molar-refractivity contribution < 1.29 is 19.1 Å². The minimum Gasteiger partial charge on any atom is -0.490 e. The van der Waals surface area contributed by atoms with E-state index in [1.54, 1.807) is 36.4 Å². The van der Waals surface area contributed by atoms with Crippen LogP contribution in [0.3, 0.4) is 0 Å². The molecule has 0 bridgehead atoms. The Morgan fingerprint density at radius 2 is 2.00 bits per heavy atom. The Kier molecular flexibility index (Phi) is 7.95. The van der Waals surface area contributed by atoms with Gasteiger partial charge in [0.2, 0.25) is 0 Å². The highest BCUT2D eigenvalue weighted by Gasteiger charge is 2.34. The molecule has 0 aromatic heterocycles. The van der Waals surface area contributed by atoms with Crippen LogP contribution in [0.4, 0.5) is 4.79 Å². The van der Waals surface area contributed by atoms with Crippen molar-refractivity contribution in [3.8, 4) is 23.8 Å². The van der Waals surface area contributed by atoms with E-state index in [-0.39, 0.29) is 18.1 Å². The summed E-state index contributed by atoms with van der Waals surface area (Å²) in [6.07, 6.45) is 6.85. The van der Waals surface area contributed by atoms with Gasteiger partial charge in [-0.25, -0.2) is 0 Å². The number of imide groups is 1. The molecule has 9 heteroatoms. The average molecular weight is 541 g/mol. The van der Waals surface area contributed by atoms with Crippen LogP contribution in [0.25, 0.3) is 6.08 Å². The quantitative estimate of drug-likeness (QED) is 0.300. The van der Waals surface area contributed by atoms with Gasteiger partial charge in [0.15, 0.2) is 11.5 Å². The summed E-state index contributed by atoms with van der Waals surface area (Å²) in [6.45, 7) is 2.41. The zero-order valence-corrected chi connectivity index (χ0v) is 20.2. The van der Waals surface area contributed by atoms with Gasteiger partial charge in [0.05, 0.1) is 22.5 Å². The molecule has 0 aliphatic carbocycles. The predicted octanol–water partition coefficient (Wildman–Crippen LogP) is 6.40. The van der Waals surface area contributed by atoms with Crippen molar-refractivity contribution >= 4 is 68.1 Å². The third-order valence-corrected chi connectivity index (χ3v) is 6.22. The van der Waals surface area contributed by atoms with E-state index in [0.29, 0.717) is 38.2 Å². The number of nitrogens with zero attached hydrogens (tertiary/aromatic N) is 1. The molecule has 0 saturated carbocycles. The van der Waals surface area contributed by atoms with E-state index in [1.807, 2.05) is 6.92 Å². The molecule has 2 aromatic rings. The predicted molar refractivity (Wildman–Crippen MR) is 128 cm³/mol. The van der Waals surface area contributed by atoms with Crippen LogP contribution in [0, 0.1) is 12.3 Å². The highest BCUT2D eigenvalue weighted by molar-refractivity contribution is 9.10. The van der Waals surface area contributed by atoms with E-state index in [9.17, 15) is 9.59 Å². The van der Waals surface area contributed by atoms with Gasteiger partial charge in [-0.2, -0.15) is 0 Å². The highest BCUT2D eigenvalue weighted by Crippen LogP contribution is 2.40. The van der Waals surface area contributed by atoms with Crippen molar-refractivity contribution in [3.63, 3.8) is 0 Å². The van der Waals surface area contributed by atoms with Crippen LogP contribution in [-0.2, 0) is 11.4 Å². The van der Waals surface area contributed by atoms with Crippen LogP contribution in [0.2, 0.25) is 10.0 Å². The number of thioether (sulfide) groups is 1. The minimum absolute atomic E-state index is 0.0596. The summed E-state index contributed by atoms with van der Waals surface area (Å²) in [5.74, 6) is 2.87. The molecular formula is C22H16BrCl2NO4S. The van der Waals surface area contributed by atoms with Crippen molar-refractivity contribution in [2.75, 3.05) is 13.2 Å². The molecule has 0 radical (unpaired) electrons. The van der Waals surface area contributed by atoms with Gasteiger partial charge in [-0.05, 0) is 70.5 Å². The maximum absolute atomic E-state index is 12.4. The van der Waals surface area contributed by atoms with Crippen LogP contribution in [0.15, 0.2) is 39.7 Å². The lowest BCUT2D eigenvalue weighted by Crippen LogP contribution is -2.28. The van der Waals surface area contributed by atoms with Gasteiger partial charge >= 0.3 is 0 Å². The van der Waals surface area contributed by atoms with Crippen LogP contribution in [0.1, 0.15) is 18.1 Å². The molecule has 0 unspecified atom stereocenters. The molecule has 0 atom stereocenters. The number of terminal acetylenes is 1.